The predicted molar refractivity (Wildman–Crippen MR) is 90.0 cm³/mol. The number of rotatable bonds is 4. The zero-order chi connectivity index (χ0) is 18.3. The molecule has 26 heavy (non-hydrogen) atoms. The number of amides is 1. The van der Waals surface area contributed by atoms with Crippen LogP contribution in [0.5, 0.6) is 0 Å². The largest absolute Gasteiger partial charge is 0.433 e. The maximum atomic E-state index is 12.3. The number of hydrogen-bond acceptors (Lipinski definition) is 5. The first-order chi connectivity index (χ1) is 12.5. The molecule has 0 bridgehead atoms. The number of hydrogen-bond donors (Lipinski definition) is 3. The Morgan fingerprint density at radius 3 is 2.85 bits per heavy atom. The van der Waals surface area contributed by atoms with Crippen molar-refractivity contribution < 1.29 is 18.8 Å². The molecule has 0 saturated carbocycles. The van der Waals surface area contributed by atoms with Gasteiger partial charge in [0.05, 0.1) is 6.07 Å². The summed E-state index contributed by atoms with van der Waals surface area (Å²) in [4.78, 5) is 29.9. The molecule has 0 fully saturated rings. The summed E-state index contributed by atoms with van der Waals surface area (Å²) in [5, 5.41) is 16.4. The van der Waals surface area contributed by atoms with Crippen LogP contribution in [0.1, 0.15) is 16.2 Å². The van der Waals surface area contributed by atoms with Gasteiger partial charge < -0.3 is 4.42 Å². The number of benzene rings is 1. The fourth-order valence-electron chi connectivity index (χ4n) is 2.57. The molecular weight excluding hydrogens is 340 g/mol. The summed E-state index contributed by atoms with van der Waals surface area (Å²) in [5.41, 5.74) is 2.41. The Hall–Kier alpha value is -3.95. The monoisotopic (exact) mass is 353 g/mol. The SMILES string of the molecule is Cc1cc(NC(=O)c2ccc([N+](=O)[O-])o2)[n+](-c2nc3ccccc3[nH]2)[nH]1. The smallest absolute Gasteiger partial charge is 0.394 e. The number of nitrogens with zero attached hydrogens (tertiary/aromatic N) is 3. The fraction of sp³-hybridized carbons (Fsp3) is 0.0625. The number of carbonyl (C=O) groups is 1. The Labute approximate surface area is 145 Å². The van der Waals surface area contributed by atoms with Gasteiger partial charge in [-0.3, -0.25) is 30.3 Å². The van der Waals surface area contributed by atoms with E-state index in [4.69, 9.17) is 4.42 Å². The fourth-order valence-corrected chi connectivity index (χ4v) is 2.57. The zero-order valence-electron chi connectivity index (χ0n) is 13.5. The molecule has 4 aromatic rings. The molecule has 0 unspecified atom stereocenters. The molecule has 3 heterocycles. The average Bonchev–Trinajstić information content (AvgIpc) is 3.31. The highest BCUT2D eigenvalue weighted by molar-refractivity contribution is 6.01. The molecule has 3 aromatic heterocycles. The molecule has 0 spiro atoms. The van der Waals surface area contributed by atoms with Crippen LogP contribution < -0.4 is 10.00 Å². The van der Waals surface area contributed by atoms with Gasteiger partial charge in [0.25, 0.3) is 0 Å². The maximum Gasteiger partial charge on any atom is 0.433 e. The number of H-pyrrole nitrogens is 2. The lowest BCUT2D eigenvalue weighted by atomic mass is 10.3. The topological polar surface area (TPSA) is 134 Å². The number of nitro groups is 1. The van der Waals surface area contributed by atoms with E-state index in [0.717, 1.165) is 22.8 Å². The molecule has 130 valence electrons. The van der Waals surface area contributed by atoms with Crippen LogP contribution in [0.4, 0.5) is 11.7 Å². The Kier molecular flexibility index (Phi) is 3.50. The average molecular weight is 353 g/mol. The van der Waals surface area contributed by atoms with Crippen LogP contribution in [-0.2, 0) is 0 Å². The summed E-state index contributed by atoms with van der Waals surface area (Å²) in [5.74, 6) is -0.370. The number of para-hydroxylation sites is 2. The van der Waals surface area contributed by atoms with Gasteiger partial charge in [0.15, 0.2) is 5.52 Å². The van der Waals surface area contributed by atoms with E-state index in [1.165, 1.54) is 6.07 Å². The van der Waals surface area contributed by atoms with Crippen molar-refractivity contribution in [1.29, 1.82) is 0 Å². The van der Waals surface area contributed by atoms with Crippen LogP contribution in [0.3, 0.4) is 0 Å². The Bertz CT molecular complexity index is 1110. The third-order valence-corrected chi connectivity index (χ3v) is 3.71. The normalized spacial score (nSPS) is 11.0. The van der Waals surface area contributed by atoms with E-state index >= 15 is 0 Å². The van der Waals surface area contributed by atoms with Crippen LogP contribution in [0.25, 0.3) is 17.0 Å². The standard InChI is InChI=1S/C16H12N6O4/c1-9-8-13(19-15(23)12-6-7-14(26-12)22(24)25)21(20-9)16-17-10-4-2-3-5-11(10)18-16/h2-8H,1H3,(H2,17,18,19,20,23)/p+1. The molecule has 0 aliphatic carbocycles. The van der Waals surface area contributed by atoms with Crippen molar-refractivity contribution in [1.82, 2.24) is 15.1 Å². The molecule has 0 atom stereocenters. The van der Waals surface area contributed by atoms with Crippen LogP contribution in [0, 0.1) is 17.0 Å². The number of furan rings is 1. The highest BCUT2D eigenvalue weighted by atomic mass is 16.6. The Morgan fingerprint density at radius 2 is 2.12 bits per heavy atom. The summed E-state index contributed by atoms with van der Waals surface area (Å²) in [7, 11) is 0. The summed E-state index contributed by atoms with van der Waals surface area (Å²) in [6, 6.07) is 11.6. The quantitative estimate of drug-likeness (QED) is 0.294. The molecule has 0 aliphatic rings. The third kappa shape index (κ3) is 2.69. The van der Waals surface area contributed by atoms with Gasteiger partial charge in [-0.2, -0.15) is 0 Å². The van der Waals surface area contributed by atoms with Gasteiger partial charge in [0.1, 0.15) is 10.4 Å². The van der Waals surface area contributed by atoms with E-state index in [0.29, 0.717) is 11.8 Å². The lowest BCUT2D eigenvalue weighted by Crippen LogP contribution is -2.38. The van der Waals surface area contributed by atoms with Crippen molar-refractivity contribution in [2.75, 3.05) is 5.32 Å². The van der Waals surface area contributed by atoms with Gasteiger partial charge in [-0.05, 0) is 25.1 Å². The van der Waals surface area contributed by atoms with Gasteiger partial charge in [-0.15, -0.1) is 9.67 Å². The molecule has 0 radical (unpaired) electrons. The number of aromatic nitrogens is 4. The molecule has 3 N–H and O–H groups in total. The predicted octanol–water partition coefficient (Wildman–Crippen LogP) is 2.23. The first kappa shape index (κ1) is 15.6. The molecule has 0 aliphatic heterocycles. The minimum atomic E-state index is -0.703. The highest BCUT2D eigenvalue weighted by Gasteiger charge is 2.23. The molecule has 10 nitrogen and oxygen atoms in total. The molecule has 1 aromatic carbocycles. The Balaban J connectivity index is 1.67. The van der Waals surface area contributed by atoms with Crippen LogP contribution >= 0.6 is 0 Å². The lowest BCUT2D eigenvalue weighted by Gasteiger charge is -1.99. The molecule has 1 amide bonds. The number of imidazole rings is 1. The second kappa shape index (κ2) is 5.84. The van der Waals surface area contributed by atoms with Gasteiger partial charge >= 0.3 is 17.7 Å². The van der Waals surface area contributed by atoms with E-state index in [9.17, 15) is 14.9 Å². The van der Waals surface area contributed by atoms with Crippen molar-refractivity contribution in [3.63, 3.8) is 0 Å². The first-order valence-corrected chi connectivity index (χ1v) is 7.63. The maximum absolute atomic E-state index is 12.3. The van der Waals surface area contributed by atoms with Crippen molar-refractivity contribution >= 4 is 28.6 Å². The van der Waals surface area contributed by atoms with E-state index in [2.05, 4.69) is 20.4 Å². The number of aryl methyl sites for hydroxylation is 1. The molecule has 0 saturated heterocycles. The van der Waals surface area contributed by atoms with Gasteiger partial charge in [0, 0.05) is 11.8 Å². The molecule has 10 heteroatoms. The van der Waals surface area contributed by atoms with E-state index in [1.54, 1.807) is 10.7 Å². The first-order valence-electron chi connectivity index (χ1n) is 7.63. The number of fused-ring (bicyclic) bond motifs is 1. The second-order valence-corrected chi connectivity index (χ2v) is 5.59. The summed E-state index contributed by atoms with van der Waals surface area (Å²) in [6.45, 7) is 1.83. The van der Waals surface area contributed by atoms with Crippen molar-refractivity contribution in [3.05, 3.63) is 64.0 Å². The summed E-state index contributed by atoms with van der Waals surface area (Å²) >= 11 is 0. The number of anilines is 1. The minimum absolute atomic E-state index is 0.160. The second-order valence-electron chi connectivity index (χ2n) is 5.59. The van der Waals surface area contributed by atoms with E-state index in [-0.39, 0.29) is 5.76 Å². The van der Waals surface area contributed by atoms with E-state index < -0.39 is 16.7 Å². The van der Waals surface area contributed by atoms with Crippen molar-refractivity contribution in [2.45, 2.75) is 6.92 Å². The minimum Gasteiger partial charge on any atom is -0.394 e. The van der Waals surface area contributed by atoms with Gasteiger partial charge in [0.2, 0.25) is 11.6 Å². The molecule has 4 rings (SSSR count). The van der Waals surface area contributed by atoms with Gasteiger partial charge in [-0.1, -0.05) is 12.1 Å². The van der Waals surface area contributed by atoms with Crippen LogP contribution in [0.2, 0.25) is 0 Å². The van der Waals surface area contributed by atoms with Crippen molar-refractivity contribution in [3.8, 4) is 5.95 Å². The Morgan fingerprint density at radius 1 is 1.31 bits per heavy atom. The van der Waals surface area contributed by atoms with Gasteiger partial charge in [-0.25, -0.2) is 0 Å². The van der Waals surface area contributed by atoms with Crippen molar-refractivity contribution in [2.24, 2.45) is 0 Å². The van der Waals surface area contributed by atoms with Crippen LogP contribution in [0.15, 0.2) is 46.9 Å². The zero-order valence-corrected chi connectivity index (χ0v) is 13.5. The lowest BCUT2D eigenvalue weighted by molar-refractivity contribution is -0.648. The number of aromatic amines is 2. The number of carbonyl (C=O) groups excluding carboxylic acids is 1. The third-order valence-electron chi connectivity index (χ3n) is 3.71. The van der Waals surface area contributed by atoms with E-state index in [1.807, 2.05) is 31.2 Å². The summed E-state index contributed by atoms with van der Waals surface area (Å²) < 4.78 is 6.50. The number of nitrogens with one attached hydrogen (secondary N) is 3. The highest BCUT2D eigenvalue weighted by Crippen LogP contribution is 2.17. The molecular formula is C16H13N6O4+. The summed E-state index contributed by atoms with van der Waals surface area (Å²) in [6.07, 6.45) is 0. The van der Waals surface area contributed by atoms with Crippen LogP contribution in [-0.4, -0.2) is 25.9 Å².